The van der Waals surface area contributed by atoms with E-state index < -0.39 is 3.79 Å². The van der Waals surface area contributed by atoms with E-state index in [0.717, 1.165) is 12.8 Å². The summed E-state index contributed by atoms with van der Waals surface area (Å²) in [6, 6.07) is 0. The van der Waals surface area contributed by atoms with Gasteiger partial charge in [0.25, 0.3) is 0 Å². The molecule has 0 N–H and O–H groups in total. The molecule has 0 atom stereocenters. The number of alkyl halides is 1. The van der Waals surface area contributed by atoms with Crippen LogP contribution in [-0.2, 0) is 9.47 Å². The molecule has 0 heterocycles. The third-order valence-electron chi connectivity index (χ3n) is 2.07. The maximum atomic E-state index is 5.26. The molecule has 0 spiro atoms. The lowest BCUT2D eigenvalue weighted by atomic mass is 10.1. The summed E-state index contributed by atoms with van der Waals surface area (Å²) < 4.78 is 9.90. The molecule has 0 unspecified atom stereocenters. The minimum absolute atomic E-state index is 0.618. The molecular formula is C12H21IO2. The first-order chi connectivity index (χ1) is 6.93. The lowest BCUT2D eigenvalue weighted by molar-refractivity contribution is -0.0827. The van der Waals surface area contributed by atoms with Crippen molar-refractivity contribution in [2.45, 2.75) is 37.4 Å². The molecule has 0 aliphatic carbocycles. The number of allylic oxidation sites excluding steroid dienone is 3. The quantitative estimate of drug-likeness (QED) is 0.317. The highest BCUT2D eigenvalue weighted by atomic mass is 127. The van der Waals surface area contributed by atoms with E-state index in [2.05, 4.69) is 49.4 Å². The zero-order valence-corrected chi connectivity index (χ0v) is 12.4. The van der Waals surface area contributed by atoms with Gasteiger partial charge in [0.2, 0.25) is 3.79 Å². The first-order valence-electron chi connectivity index (χ1n) is 5.04. The van der Waals surface area contributed by atoms with Crippen LogP contribution in [0.4, 0.5) is 0 Å². The van der Waals surface area contributed by atoms with Crippen LogP contribution in [0.15, 0.2) is 23.3 Å². The van der Waals surface area contributed by atoms with Crippen LogP contribution in [0.1, 0.15) is 33.6 Å². The van der Waals surface area contributed by atoms with Gasteiger partial charge in [-0.3, -0.25) is 0 Å². The van der Waals surface area contributed by atoms with Gasteiger partial charge in [-0.25, -0.2) is 0 Å². The van der Waals surface area contributed by atoms with E-state index in [1.165, 1.54) is 11.1 Å². The van der Waals surface area contributed by atoms with E-state index >= 15 is 0 Å². The molecular weight excluding hydrogens is 303 g/mol. The van der Waals surface area contributed by atoms with Crippen LogP contribution >= 0.6 is 22.6 Å². The Morgan fingerprint density at radius 1 is 1.20 bits per heavy atom. The fourth-order valence-corrected chi connectivity index (χ4v) is 1.69. The van der Waals surface area contributed by atoms with Crippen LogP contribution in [0.2, 0.25) is 0 Å². The summed E-state index contributed by atoms with van der Waals surface area (Å²) in [5.41, 5.74) is 2.65. The molecule has 0 aromatic heterocycles. The highest BCUT2D eigenvalue weighted by molar-refractivity contribution is 14.1. The van der Waals surface area contributed by atoms with Crippen molar-refractivity contribution in [1.82, 2.24) is 0 Å². The lowest BCUT2D eigenvalue weighted by Gasteiger charge is -2.21. The van der Waals surface area contributed by atoms with Gasteiger partial charge in [-0.15, -0.1) is 0 Å². The summed E-state index contributed by atoms with van der Waals surface area (Å²) in [5, 5.41) is 0. The predicted octanol–water partition coefficient (Wildman–Crippen LogP) is 4.06. The van der Waals surface area contributed by atoms with E-state index in [-0.39, 0.29) is 0 Å². The topological polar surface area (TPSA) is 18.5 Å². The Balaban J connectivity index is 4.24. The van der Waals surface area contributed by atoms with Gasteiger partial charge in [0.05, 0.1) is 0 Å². The van der Waals surface area contributed by atoms with Gasteiger partial charge in [0, 0.05) is 14.2 Å². The summed E-state index contributed by atoms with van der Waals surface area (Å²) in [6.45, 7) is 6.34. The summed E-state index contributed by atoms with van der Waals surface area (Å²) >= 11 is 2.15. The fraction of sp³-hybridized carbons (Fsp3) is 0.667. The highest BCUT2D eigenvalue weighted by Crippen LogP contribution is 2.25. The van der Waals surface area contributed by atoms with E-state index in [1.807, 2.05) is 6.08 Å². The third kappa shape index (κ3) is 7.09. The van der Waals surface area contributed by atoms with E-state index in [9.17, 15) is 0 Å². The van der Waals surface area contributed by atoms with Crippen molar-refractivity contribution >= 4 is 22.6 Å². The Hall–Kier alpha value is 0.130. The first-order valence-corrected chi connectivity index (χ1v) is 6.12. The first kappa shape index (κ1) is 15.1. The summed E-state index contributed by atoms with van der Waals surface area (Å²) in [6.07, 6.45) is 6.38. The largest absolute Gasteiger partial charge is 0.342 e. The van der Waals surface area contributed by atoms with Crippen molar-refractivity contribution in [1.29, 1.82) is 0 Å². The van der Waals surface area contributed by atoms with Crippen molar-refractivity contribution < 1.29 is 9.47 Å². The molecule has 0 aliphatic heterocycles. The number of halogens is 1. The van der Waals surface area contributed by atoms with Gasteiger partial charge in [0.1, 0.15) is 0 Å². The van der Waals surface area contributed by atoms with E-state index in [0.29, 0.717) is 0 Å². The molecule has 0 aromatic rings. The summed E-state index contributed by atoms with van der Waals surface area (Å²) in [7, 11) is 3.30. The normalized spacial score (nSPS) is 12.8. The number of ether oxygens (including phenoxy) is 2. The van der Waals surface area contributed by atoms with E-state index in [4.69, 9.17) is 9.47 Å². The van der Waals surface area contributed by atoms with Gasteiger partial charge in [-0.05, 0) is 62.3 Å². The second kappa shape index (κ2) is 7.41. The Bertz CT molecular complexity index is 236. The van der Waals surface area contributed by atoms with Crippen molar-refractivity contribution in [2.24, 2.45) is 0 Å². The molecule has 88 valence electrons. The second-order valence-corrected chi connectivity index (χ2v) is 5.31. The zero-order chi connectivity index (χ0) is 11.9. The van der Waals surface area contributed by atoms with Gasteiger partial charge in [-0.2, -0.15) is 0 Å². The smallest absolute Gasteiger partial charge is 0.241 e. The minimum atomic E-state index is -0.618. The van der Waals surface area contributed by atoms with Gasteiger partial charge in [-0.1, -0.05) is 17.2 Å². The van der Waals surface area contributed by atoms with Crippen molar-refractivity contribution in [3.05, 3.63) is 23.3 Å². The molecule has 0 radical (unpaired) electrons. The van der Waals surface area contributed by atoms with Crippen LogP contribution in [-0.4, -0.2) is 18.0 Å². The van der Waals surface area contributed by atoms with Crippen molar-refractivity contribution in [2.75, 3.05) is 14.2 Å². The Kier molecular flexibility index (Phi) is 7.48. The van der Waals surface area contributed by atoms with Gasteiger partial charge < -0.3 is 9.47 Å². The average Bonchev–Trinajstić information content (AvgIpc) is 2.17. The SMILES string of the molecule is COC(I)(C=C(C)CCC=C(C)C)OC. The fourth-order valence-electron chi connectivity index (χ4n) is 1.16. The maximum absolute atomic E-state index is 5.26. The zero-order valence-electron chi connectivity index (χ0n) is 10.3. The minimum Gasteiger partial charge on any atom is -0.342 e. The molecule has 3 heteroatoms. The second-order valence-electron chi connectivity index (χ2n) is 3.80. The van der Waals surface area contributed by atoms with Crippen LogP contribution in [0.25, 0.3) is 0 Å². The van der Waals surface area contributed by atoms with Crippen LogP contribution < -0.4 is 0 Å². The van der Waals surface area contributed by atoms with Gasteiger partial charge in [0.15, 0.2) is 0 Å². The number of hydrogen-bond donors (Lipinski definition) is 0. The van der Waals surface area contributed by atoms with Gasteiger partial charge >= 0.3 is 0 Å². The van der Waals surface area contributed by atoms with Crippen LogP contribution in [0.3, 0.4) is 0 Å². The monoisotopic (exact) mass is 324 g/mol. The van der Waals surface area contributed by atoms with Crippen LogP contribution in [0.5, 0.6) is 0 Å². The van der Waals surface area contributed by atoms with E-state index in [1.54, 1.807) is 14.2 Å². The number of rotatable bonds is 6. The molecule has 15 heavy (non-hydrogen) atoms. The lowest BCUT2D eigenvalue weighted by Crippen LogP contribution is -2.22. The molecule has 0 bridgehead atoms. The maximum Gasteiger partial charge on any atom is 0.241 e. The molecule has 0 saturated carbocycles. The number of methoxy groups -OCH3 is 2. The van der Waals surface area contributed by atoms with Crippen molar-refractivity contribution in [3.8, 4) is 0 Å². The van der Waals surface area contributed by atoms with Crippen molar-refractivity contribution in [3.63, 3.8) is 0 Å². The predicted molar refractivity (Wildman–Crippen MR) is 73.2 cm³/mol. The van der Waals surface area contributed by atoms with Crippen LogP contribution in [0, 0.1) is 0 Å². The molecule has 0 fully saturated rings. The molecule has 0 aliphatic rings. The highest BCUT2D eigenvalue weighted by Gasteiger charge is 2.21. The summed E-state index contributed by atoms with van der Waals surface area (Å²) in [5.74, 6) is 0. The Labute approximate surface area is 107 Å². The third-order valence-corrected chi connectivity index (χ3v) is 3.26. The Morgan fingerprint density at radius 3 is 2.13 bits per heavy atom. The number of hydrogen-bond acceptors (Lipinski definition) is 2. The standard InChI is InChI=1S/C12H21IO2/c1-10(2)7-6-8-11(3)9-12(13,14-4)15-5/h7,9H,6,8H2,1-5H3. The molecule has 0 amide bonds. The summed E-state index contributed by atoms with van der Waals surface area (Å²) in [4.78, 5) is 0. The average molecular weight is 324 g/mol. The Morgan fingerprint density at radius 2 is 1.73 bits per heavy atom. The molecule has 2 nitrogen and oxygen atoms in total. The molecule has 0 rings (SSSR count). The molecule has 0 aromatic carbocycles. The molecule has 0 saturated heterocycles.